The van der Waals surface area contributed by atoms with Crippen molar-refractivity contribution >= 4 is 22.6 Å². The van der Waals surface area contributed by atoms with Crippen molar-refractivity contribution in [1.82, 2.24) is 9.78 Å². The number of nitrogens with zero attached hydrogens (tertiary/aromatic N) is 2. The summed E-state index contributed by atoms with van der Waals surface area (Å²) in [4.78, 5) is 0. The molecule has 0 aliphatic rings. The summed E-state index contributed by atoms with van der Waals surface area (Å²) in [6.07, 6.45) is 3.86. The van der Waals surface area contributed by atoms with Crippen LogP contribution in [0.1, 0.15) is 17.2 Å². The molecule has 0 spiro atoms. The molecular weight excluding hydrogens is 315 g/mol. The number of rotatable bonds is 3. The van der Waals surface area contributed by atoms with Gasteiger partial charge in [-0.15, -0.1) is 0 Å². The Morgan fingerprint density at radius 1 is 1.38 bits per heavy atom. The summed E-state index contributed by atoms with van der Waals surface area (Å²) in [6, 6.07) is 7.93. The largest absolute Gasteiger partial charge is 0.388 e. The van der Waals surface area contributed by atoms with Crippen molar-refractivity contribution in [3.05, 3.63) is 51.4 Å². The van der Waals surface area contributed by atoms with E-state index >= 15 is 0 Å². The molecule has 4 heteroatoms. The minimum Gasteiger partial charge on any atom is -0.388 e. The summed E-state index contributed by atoms with van der Waals surface area (Å²) in [6.45, 7) is 0. The Labute approximate surface area is 108 Å². The van der Waals surface area contributed by atoms with E-state index < -0.39 is 6.10 Å². The van der Waals surface area contributed by atoms with Gasteiger partial charge >= 0.3 is 0 Å². The van der Waals surface area contributed by atoms with Crippen molar-refractivity contribution in [3.63, 3.8) is 0 Å². The molecule has 0 aliphatic heterocycles. The first kappa shape index (κ1) is 11.6. The van der Waals surface area contributed by atoms with E-state index in [2.05, 4.69) is 27.7 Å². The molecule has 0 fully saturated rings. The van der Waals surface area contributed by atoms with E-state index in [-0.39, 0.29) is 0 Å². The van der Waals surface area contributed by atoms with Gasteiger partial charge in [0, 0.05) is 23.2 Å². The Hall–Kier alpha value is -0.880. The van der Waals surface area contributed by atoms with E-state index in [4.69, 9.17) is 0 Å². The third kappa shape index (κ3) is 2.82. The van der Waals surface area contributed by atoms with Crippen LogP contribution in [0.5, 0.6) is 0 Å². The maximum absolute atomic E-state index is 10.0. The second-order valence-corrected chi connectivity index (χ2v) is 5.04. The quantitative estimate of drug-likeness (QED) is 0.878. The highest BCUT2D eigenvalue weighted by atomic mass is 127. The maximum atomic E-state index is 10.0. The van der Waals surface area contributed by atoms with Gasteiger partial charge in [0.25, 0.3) is 0 Å². The van der Waals surface area contributed by atoms with Crippen molar-refractivity contribution in [1.29, 1.82) is 0 Å². The fourth-order valence-electron chi connectivity index (χ4n) is 1.60. The molecule has 1 atom stereocenters. The van der Waals surface area contributed by atoms with Crippen LogP contribution in [-0.2, 0) is 13.5 Å². The molecule has 1 aromatic carbocycles. The predicted molar refractivity (Wildman–Crippen MR) is 71.0 cm³/mol. The van der Waals surface area contributed by atoms with Crippen molar-refractivity contribution < 1.29 is 5.11 Å². The Morgan fingerprint density at radius 2 is 2.06 bits per heavy atom. The zero-order valence-corrected chi connectivity index (χ0v) is 11.1. The van der Waals surface area contributed by atoms with Crippen molar-refractivity contribution in [2.45, 2.75) is 12.5 Å². The normalized spacial score (nSPS) is 12.7. The molecule has 84 valence electrons. The lowest BCUT2D eigenvalue weighted by molar-refractivity contribution is 0.178. The van der Waals surface area contributed by atoms with Crippen LogP contribution in [-0.4, -0.2) is 14.9 Å². The van der Waals surface area contributed by atoms with Crippen molar-refractivity contribution in [2.24, 2.45) is 7.05 Å². The fraction of sp³-hybridized carbons (Fsp3) is 0.250. The third-order valence-electron chi connectivity index (χ3n) is 2.44. The number of aromatic nitrogens is 2. The molecule has 0 saturated carbocycles. The molecule has 0 radical (unpaired) electrons. The molecule has 1 aromatic heterocycles. The van der Waals surface area contributed by atoms with E-state index in [1.165, 1.54) is 3.57 Å². The van der Waals surface area contributed by atoms with Crippen LogP contribution in [0.2, 0.25) is 0 Å². The SMILES string of the molecule is Cn1cc(CC(O)c2ccc(I)cc2)cn1. The minimum absolute atomic E-state index is 0.457. The molecule has 2 aromatic rings. The van der Waals surface area contributed by atoms with E-state index in [0.717, 1.165) is 11.1 Å². The molecule has 3 nitrogen and oxygen atoms in total. The van der Waals surface area contributed by atoms with Crippen molar-refractivity contribution in [2.75, 3.05) is 0 Å². The predicted octanol–water partition coefficient (Wildman–Crippen LogP) is 2.30. The number of hydrogen-bond acceptors (Lipinski definition) is 2. The average Bonchev–Trinajstić information content (AvgIpc) is 2.65. The third-order valence-corrected chi connectivity index (χ3v) is 3.16. The minimum atomic E-state index is -0.457. The first-order valence-electron chi connectivity index (χ1n) is 5.06. The molecular formula is C12H13IN2O. The smallest absolute Gasteiger partial charge is 0.0831 e. The lowest BCUT2D eigenvalue weighted by Crippen LogP contribution is -2.01. The number of halogens is 1. The topological polar surface area (TPSA) is 38.0 Å². The van der Waals surface area contributed by atoms with Gasteiger partial charge in [0.15, 0.2) is 0 Å². The molecule has 1 N–H and O–H groups in total. The van der Waals surface area contributed by atoms with E-state index in [1.54, 1.807) is 10.9 Å². The molecule has 0 bridgehead atoms. The second kappa shape index (κ2) is 4.97. The summed E-state index contributed by atoms with van der Waals surface area (Å²) < 4.78 is 2.92. The first-order valence-corrected chi connectivity index (χ1v) is 6.14. The van der Waals surface area contributed by atoms with Gasteiger partial charge in [0.1, 0.15) is 0 Å². The lowest BCUT2D eigenvalue weighted by atomic mass is 10.0. The highest BCUT2D eigenvalue weighted by Gasteiger charge is 2.09. The van der Waals surface area contributed by atoms with Crippen LogP contribution in [0, 0.1) is 3.57 Å². The van der Waals surface area contributed by atoms with Gasteiger partial charge in [0.2, 0.25) is 0 Å². The number of aliphatic hydroxyl groups excluding tert-OH is 1. The summed E-state index contributed by atoms with van der Waals surface area (Å²) in [7, 11) is 1.88. The first-order chi connectivity index (χ1) is 7.65. The molecule has 1 heterocycles. The summed E-state index contributed by atoms with van der Waals surface area (Å²) in [5.74, 6) is 0. The second-order valence-electron chi connectivity index (χ2n) is 3.79. The molecule has 0 aliphatic carbocycles. The van der Waals surface area contributed by atoms with Crippen molar-refractivity contribution in [3.8, 4) is 0 Å². The summed E-state index contributed by atoms with van der Waals surface area (Å²) >= 11 is 2.25. The van der Waals surface area contributed by atoms with E-state index in [9.17, 15) is 5.11 Å². The van der Waals surface area contributed by atoms with Gasteiger partial charge in [-0.05, 0) is 45.9 Å². The molecule has 0 saturated heterocycles. The molecule has 1 unspecified atom stereocenters. The van der Waals surface area contributed by atoms with Crippen LogP contribution < -0.4 is 0 Å². The van der Waals surface area contributed by atoms with E-state index in [0.29, 0.717) is 6.42 Å². The van der Waals surface area contributed by atoms with Gasteiger partial charge in [-0.1, -0.05) is 12.1 Å². The number of aryl methyl sites for hydroxylation is 1. The summed E-state index contributed by atoms with van der Waals surface area (Å²) in [5, 5.41) is 14.1. The maximum Gasteiger partial charge on any atom is 0.0831 e. The average molecular weight is 328 g/mol. The highest BCUT2D eigenvalue weighted by molar-refractivity contribution is 14.1. The van der Waals surface area contributed by atoms with Gasteiger partial charge in [-0.2, -0.15) is 5.10 Å². The zero-order chi connectivity index (χ0) is 11.5. The Balaban J connectivity index is 2.08. The van der Waals surface area contributed by atoms with Gasteiger partial charge < -0.3 is 5.11 Å². The Kier molecular flexibility index (Phi) is 3.60. The van der Waals surface area contributed by atoms with Gasteiger partial charge in [-0.3, -0.25) is 4.68 Å². The standard InChI is InChI=1S/C12H13IN2O/c1-15-8-9(7-14-15)6-12(16)10-2-4-11(13)5-3-10/h2-5,7-8,12,16H,6H2,1H3. The summed E-state index contributed by atoms with van der Waals surface area (Å²) in [5.41, 5.74) is 2.00. The zero-order valence-electron chi connectivity index (χ0n) is 8.97. The fourth-order valence-corrected chi connectivity index (χ4v) is 1.96. The lowest BCUT2D eigenvalue weighted by Gasteiger charge is -2.09. The van der Waals surface area contributed by atoms with Gasteiger partial charge in [0.05, 0.1) is 12.3 Å². The van der Waals surface area contributed by atoms with Crippen LogP contribution >= 0.6 is 22.6 Å². The Bertz CT molecular complexity index is 464. The molecule has 16 heavy (non-hydrogen) atoms. The monoisotopic (exact) mass is 328 g/mol. The number of aliphatic hydroxyl groups is 1. The molecule has 0 amide bonds. The number of benzene rings is 1. The van der Waals surface area contributed by atoms with Crippen LogP contribution in [0.15, 0.2) is 36.7 Å². The van der Waals surface area contributed by atoms with Gasteiger partial charge in [-0.25, -0.2) is 0 Å². The van der Waals surface area contributed by atoms with E-state index in [1.807, 2.05) is 37.5 Å². The van der Waals surface area contributed by atoms with Crippen LogP contribution in [0.25, 0.3) is 0 Å². The highest BCUT2D eigenvalue weighted by Crippen LogP contribution is 2.18. The molecule has 2 rings (SSSR count). The number of hydrogen-bond donors (Lipinski definition) is 1. The Morgan fingerprint density at radius 3 is 2.62 bits per heavy atom. The van der Waals surface area contributed by atoms with Crippen LogP contribution in [0.4, 0.5) is 0 Å². The van der Waals surface area contributed by atoms with Crippen LogP contribution in [0.3, 0.4) is 0 Å².